The summed E-state index contributed by atoms with van der Waals surface area (Å²) in [4.78, 5) is 47.7. The highest BCUT2D eigenvalue weighted by Crippen LogP contribution is 2.49. The number of benzene rings is 1. The van der Waals surface area contributed by atoms with Crippen molar-refractivity contribution in [2.75, 3.05) is 61.1 Å². The van der Waals surface area contributed by atoms with Crippen LogP contribution in [0.5, 0.6) is 17.2 Å². The zero-order chi connectivity index (χ0) is 64.7. The maximum Gasteiger partial charge on any atom is 0.411 e. The lowest BCUT2D eigenvalue weighted by molar-refractivity contribution is -0.336. The summed E-state index contributed by atoms with van der Waals surface area (Å²) in [6.45, 7) is 14.2. The highest BCUT2D eigenvalue weighted by Gasteiger charge is 2.52. The molecule has 0 spiro atoms. The van der Waals surface area contributed by atoms with Gasteiger partial charge >= 0.3 is 6.09 Å². The van der Waals surface area contributed by atoms with Gasteiger partial charge in [0.2, 0.25) is 17.2 Å². The number of likely N-dealkylation sites (N-methyl/N-ethyl adjacent to an activating group) is 1. The van der Waals surface area contributed by atoms with Crippen molar-refractivity contribution in [2.45, 2.75) is 195 Å². The topological polar surface area (TPSA) is 329 Å². The van der Waals surface area contributed by atoms with Crippen LogP contribution in [0, 0.1) is 34.2 Å². The fourth-order valence-electron chi connectivity index (χ4n) is 10.6. The van der Waals surface area contributed by atoms with E-state index in [2.05, 4.69) is 39.8 Å². The maximum absolute atomic E-state index is 14.5. The number of hydroxylamine groups is 1. The largest absolute Gasteiger partial charge is 0.492 e. The van der Waals surface area contributed by atoms with E-state index >= 15 is 0 Å². The first kappa shape index (κ1) is 73.7. The lowest BCUT2D eigenvalue weighted by Gasteiger charge is -2.46. The number of hydrogen-bond acceptors (Lipinski definition) is 27. The van der Waals surface area contributed by atoms with Gasteiger partial charge in [-0.1, -0.05) is 71.0 Å². The molecule has 0 aromatic heterocycles. The maximum atomic E-state index is 14.5. The van der Waals surface area contributed by atoms with Gasteiger partial charge in [0.05, 0.1) is 103 Å². The molecular weight excluding hydrogens is 1330 g/mol. The Kier molecular flexibility index (Phi) is 28.9. The Morgan fingerprint density at radius 3 is 2.24 bits per heavy atom. The molecule has 0 radical (unpaired) electrons. The minimum Gasteiger partial charge on any atom is -0.492 e. The average Bonchev–Trinajstić information content (AvgIpc) is 1.95. The third kappa shape index (κ3) is 18.1. The van der Waals surface area contributed by atoms with Gasteiger partial charge in [-0.3, -0.25) is 19.7 Å². The Morgan fingerprint density at radius 1 is 0.898 bits per heavy atom. The number of hydrogen-bond donors (Lipinski definition) is 9. The number of alkyl carbamates (subject to hydrolysis) is 1. The second-order valence-electron chi connectivity index (χ2n) is 21.5. The van der Waals surface area contributed by atoms with Crippen molar-refractivity contribution in [1.29, 1.82) is 0 Å². The Bertz CT molecular complexity index is 2760. The quantitative estimate of drug-likeness (QED) is 0.0236. The van der Waals surface area contributed by atoms with Crippen LogP contribution in [0.15, 0.2) is 35.1 Å². The van der Waals surface area contributed by atoms with Crippen LogP contribution in [0.2, 0.25) is 0 Å². The Morgan fingerprint density at radius 2 is 1.60 bits per heavy atom. The van der Waals surface area contributed by atoms with Crippen LogP contribution in [-0.2, 0) is 52.3 Å². The molecule has 4 saturated heterocycles. The average molecular weight is 1410 g/mol. The molecule has 0 saturated carbocycles. The number of methoxy groups -OCH3 is 5. The SMILES string of the molecule is CC#C/C=C\C#C[C@H](O[C@@H]1O[C@H](C)[C@@H](NO[C@H]2C[C@H](O)[C@H](SC(=O)c3c(C)c(I)c(O[C@@H]4O[C@@H](C)[C@H](O)[C@@H](OC)[C@H]4O)c(OC)c3OC)[C@@H](C)O2)[C@@H](O)[C@H]1O[C@H]1C[C@H](OC)[C@@H](NCC)CO1)C1=C(NC(=O)OC)C(=O)C[C@](C)(O)/C1=C/CSS[C@H](C)CO. The van der Waals surface area contributed by atoms with Crippen LogP contribution in [0.4, 0.5) is 4.79 Å². The number of carbonyl (C=O) groups excluding carboxylic acids is 3. The molecule has 4 aliphatic heterocycles. The lowest BCUT2D eigenvalue weighted by Crippen LogP contribution is -2.65. The predicted octanol–water partition coefficient (Wildman–Crippen LogP) is 3.33. The number of aliphatic hydroxyl groups excluding tert-OH is 5. The first-order valence-corrected chi connectivity index (χ1v) is 32.9. The van der Waals surface area contributed by atoms with Gasteiger partial charge in [-0.25, -0.2) is 4.79 Å². The van der Waals surface area contributed by atoms with Crippen molar-refractivity contribution < 1.29 is 107 Å². The lowest BCUT2D eigenvalue weighted by atomic mass is 9.76. The second kappa shape index (κ2) is 34.5. The van der Waals surface area contributed by atoms with Gasteiger partial charge in [0.25, 0.3) is 0 Å². The van der Waals surface area contributed by atoms with Crippen LogP contribution in [0.25, 0.3) is 0 Å². The molecule has 6 rings (SSSR count). The van der Waals surface area contributed by atoms with Gasteiger partial charge in [-0.05, 0) is 94.0 Å². The van der Waals surface area contributed by atoms with Gasteiger partial charge in [0.15, 0.2) is 36.2 Å². The van der Waals surface area contributed by atoms with Crippen LogP contribution in [0.1, 0.15) is 83.7 Å². The van der Waals surface area contributed by atoms with E-state index in [4.69, 9.17) is 61.7 Å². The summed E-state index contributed by atoms with van der Waals surface area (Å²) in [5, 5.41) is 72.2. The second-order valence-corrected chi connectivity index (χ2v) is 26.5. The Hall–Kier alpha value is -3.33. The normalized spacial score (nSPS) is 33.8. The van der Waals surface area contributed by atoms with E-state index in [1.165, 1.54) is 62.0 Å². The summed E-state index contributed by atoms with van der Waals surface area (Å²) in [5.41, 5.74) is 1.52. The third-order valence-electron chi connectivity index (χ3n) is 15.2. The molecule has 5 aliphatic rings. The Balaban J connectivity index is 1.27. The number of nitrogens with one attached hydrogen (secondary N) is 3. The van der Waals surface area contributed by atoms with Crippen molar-refractivity contribution in [3.63, 3.8) is 0 Å². The molecule has 29 heteroatoms. The molecule has 0 unspecified atom stereocenters. The molecule has 25 nitrogen and oxygen atoms in total. The highest BCUT2D eigenvalue weighted by atomic mass is 127. The van der Waals surface area contributed by atoms with Gasteiger partial charge in [0, 0.05) is 50.1 Å². The summed E-state index contributed by atoms with van der Waals surface area (Å²) in [7, 11) is 9.55. The van der Waals surface area contributed by atoms with E-state index in [0.29, 0.717) is 15.7 Å². The number of halogens is 1. The minimum atomic E-state index is -1.83. The van der Waals surface area contributed by atoms with Gasteiger partial charge in [-0.15, -0.1) is 5.92 Å². The fraction of sp³-hybridized carbons (Fsp3) is 0.678. The van der Waals surface area contributed by atoms with Crippen molar-refractivity contribution in [1.82, 2.24) is 16.1 Å². The van der Waals surface area contributed by atoms with Crippen LogP contribution in [-0.4, -0.2) is 229 Å². The number of Topliss-reactive ketones (excluding diaryl/α,β-unsaturated/α-hetero) is 1. The standard InChI is InChI=1S/C59H84IN3O22S3/c1-14-16-17-18-19-20-37(42-33(21-22-86-88-28(3)26-64)59(8,72)25-36(66)45(42)62-58(71)77-13)82-57-52(83-39-24-38(73-9)34(27-78-39)61-15-2)47(68)44(30(5)80-57)63-85-40-23-35(65)54(32(7)79-40)87-55(70)41-29(4)43(60)50(53(76-12)49(41)74-10)84-56-48(69)51(75-11)46(67)31(6)81-56/h17-18,21,28,30-32,34-35,37-40,44,46-48,51-52,54,56-57,61,63-65,67-69,72H,15,22-27H2,1-13H3,(H,62,71)/b18-17-,33-21+/t28-,30-,31+,32-,34+,35+,37+,38+,39+,40+,44-,46+,47-,48-,51-,52-,54-,56+,57+,59+/m1/s1. The van der Waals surface area contributed by atoms with Crippen molar-refractivity contribution >= 4 is 72.9 Å². The first-order valence-electron chi connectivity index (χ1n) is 28.6. The molecule has 1 aromatic carbocycles. The van der Waals surface area contributed by atoms with E-state index in [9.17, 15) is 45.0 Å². The van der Waals surface area contributed by atoms with Crippen molar-refractivity contribution in [2.24, 2.45) is 0 Å². The van der Waals surface area contributed by atoms with Crippen LogP contribution >= 0.6 is 55.9 Å². The van der Waals surface area contributed by atoms with E-state index < -0.39 is 127 Å². The molecule has 88 heavy (non-hydrogen) atoms. The number of ether oxygens (including phenoxy) is 12. The van der Waals surface area contributed by atoms with E-state index in [1.807, 2.05) is 36.4 Å². The number of aliphatic hydroxyl groups is 6. The van der Waals surface area contributed by atoms with Gasteiger partial charge < -0.3 is 92.8 Å². The molecule has 1 amide bonds. The van der Waals surface area contributed by atoms with Gasteiger partial charge in [-0.2, -0.15) is 5.48 Å². The number of allylic oxidation sites excluding steroid dienone is 3. The predicted molar refractivity (Wildman–Crippen MR) is 334 cm³/mol. The molecule has 1 aromatic rings. The third-order valence-corrected chi connectivity index (χ3v) is 20.6. The summed E-state index contributed by atoms with van der Waals surface area (Å²) in [5.74, 6) is 11.2. The summed E-state index contributed by atoms with van der Waals surface area (Å²) < 4.78 is 72.7. The molecule has 20 atom stereocenters. The van der Waals surface area contributed by atoms with Crippen LogP contribution < -0.4 is 30.3 Å². The summed E-state index contributed by atoms with van der Waals surface area (Å²) in [6.07, 6.45) is -14.0. The monoisotopic (exact) mass is 1410 g/mol. The van der Waals surface area contributed by atoms with Crippen LogP contribution in [0.3, 0.4) is 0 Å². The zero-order valence-electron chi connectivity index (χ0n) is 51.5. The number of thioether (sulfide) groups is 1. The Labute approximate surface area is 539 Å². The molecule has 9 N–H and O–H groups in total. The number of amides is 1. The number of ketones is 1. The van der Waals surface area contributed by atoms with Crippen molar-refractivity contribution in [3.05, 3.63) is 49.8 Å². The summed E-state index contributed by atoms with van der Waals surface area (Å²) >= 11 is 2.82. The zero-order valence-corrected chi connectivity index (χ0v) is 56.1. The summed E-state index contributed by atoms with van der Waals surface area (Å²) in [6, 6.07) is -1.31. The number of carbonyl (C=O) groups is 3. The molecule has 4 heterocycles. The molecule has 492 valence electrons. The minimum absolute atomic E-state index is 0.0198. The van der Waals surface area contributed by atoms with E-state index in [0.717, 1.165) is 18.9 Å². The van der Waals surface area contributed by atoms with E-state index in [-0.39, 0.29) is 88.9 Å². The highest BCUT2D eigenvalue weighted by molar-refractivity contribution is 14.1. The van der Waals surface area contributed by atoms with E-state index in [1.54, 1.807) is 47.8 Å². The smallest absolute Gasteiger partial charge is 0.411 e. The number of rotatable bonds is 24. The molecule has 0 bridgehead atoms. The van der Waals surface area contributed by atoms with Crippen molar-refractivity contribution in [3.8, 4) is 40.9 Å². The molecule has 4 fully saturated rings. The fourth-order valence-corrected chi connectivity index (χ4v) is 14.3. The molecule has 1 aliphatic carbocycles. The van der Waals surface area contributed by atoms with Gasteiger partial charge in [0.1, 0.15) is 36.6 Å². The first-order chi connectivity index (χ1) is 41.9. The molecular formula is C59H84IN3O22S3.